The summed E-state index contributed by atoms with van der Waals surface area (Å²) in [4.78, 5) is 28.8. The Bertz CT molecular complexity index is 1160. The van der Waals surface area contributed by atoms with E-state index in [-0.39, 0.29) is 17.2 Å². The molecule has 0 bridgehead atoms. The Labute approximate surface area is 171 Å². The number of hydrogen-bond donors (Lipinski definition) is 1. The van der Waals surface area contributed by atoms with Gasteiger partial charge in [0.15, 0.2) is 5.13 Å². The molecule has 0 aliphatic carbocycles. The van der Waals surface area contributed by atoms with E-state index in [0.29, 0.717) is 11.7 Å². The normalized spacial score (nSPS) is 11.0. The second-order valence-electron chi connectivity index (χ2n) is 5.83. The molecule has 0 saturated heterocycles. The van der Waals surface area contributed by atoms with Crippen molar-refractivity contribution in [2.45, 2.75) is 13.0 Å². The number of aromatic nitrogens is 2. The molecule has 5 nitrogen and oxygen atoms in total. The Morgan fingerprint density at radius 1 is 1.15 bits per heavy atom. The van der Waals surface area contributed by atoms with Crippen LogP contribution in [0.1, 0.15) is 6.42 Å². The van der Waals surface area contributed by atoms with Crippen LogP contribution in [-0.4, -0.2) is 15.5 Å². The molecule has 4 rings (SSSR count). The average molecular weight is 460 g/mol. The van der Waals surface area contributed by atoms with Gasteiger partial charge in [-0.3, -0.25) is 14.2 Å². The van der Waals surface area contributed by atoms with Crippen molar-refractivity contribution >= 4 is 59.9 Å². The number of aryl methyl sites for hydroxylation is 1. The largest absolute Gasteiger partial charge is 0.308 e. The van der Waals surface area contributed by atoms with E-state index in [1.54, 1.807) is 4.57 Å². The first-order valence-electron chi connectivity index (χ1n) is 8.20. The van der Waals surface area contributed by atoms with Crippen molar-refractivity contribution in [1.29, 1.82) is 0 Å². The molecule has 4 aromatic rings. The number of rotatable bonds is 5. The summed E-state index contributed by atoms with van der Waals surface area (Å²) >= 11 is 5.99. The highest BCUT2D eigenvalue weighted by Crippen LogP contribution is 2.26. The number of anilines is 1. The highest BCUT2D eigenvalue weighted by molar-refractivity contribution is 9.10. The van der Waals surface area contributed by atoms with Crippen LogP contribution in [0.5, 0.6) is 0 Å². The van der Waals surface area contributed by atoms with Crippen molar-refractivity contribution in [1.82, 2.24) is 9.55 Å². The van der Waals surface area contributed by atoms with Gasteiger partial charge in [-0.25, -0.2) is 4.98 Å². The Balaban J connectivity index is 1.42. The predicted molar refractivity (Wildman–Crippen MR) is 115 cm³/mol. The van der Waals surface area contributed by atoms with Gasteiger partial charge in [0.25, 0.3) is 0 Å². The number of carbonyl (C=O) groups is 1. The molecule has 0 atom stereocenters. The maximum absolute atomic E-state index is 12.3. The maximum atomic E-state index is 12.3. The first kappa shape index (κ1) is 18.1. The molecule has 0 saturated carbocycles. The van der Waals surface area contributed by atoms with Crippen LogP contribution in [0.2, 0.25) is 0 Å². The zero-order valence-corrected chi connectivity index (χ0v) is 17.2. The predicted octanol–water partition coefficient (Wildman–Crippen LogP) is 4.98. The van der Waals surface area contributed by atoms with Gasteiger partial charge >= 0.3 is 4.87 Å². The fraction of sp³-hybridized carbons (Fsp3) is 0.105. The van der Waals surface area contributed by atoms with Gasteiger partial charge in [-0.2, -0.15) is 0 Å². The number of hydrogen-bond acceptors (Lipinski definition) is 5. The van der Waals surface area contributed by atoms with E-state index in [1.807, 2.05) is 53.9 Å². The molecule has 0 radical (unpaired) electrons. The van der Waals surface area contributed by atoms with E-state index >= 15 is 0 Å². The second-order valence-corrected chi connectivity index (χ2v) is 8.60. The number of benzene rings is 2. The van der Waals surface area contributed by atoms with Crippen molar-refractivity contribution < 1.29 is 4.79 Å². The molecular weight excluding hydrogens is 446 g/mol. The summed E-state index contributed by atoms with van der Waals surface area (Å²) in [5, 5.41) is 5.29. The van der Waals surface area contributed by atoms with Crippen molar-refractivity contribution in [2.24, 2.45) is 0 Å². The van der Waals surface area contributed by atoms with Crippen molar-refractivity contribution in [2.75, 3.05) is 5.32 Å². The number of para-hydroxylation sites is 1. The molecule has 27 heavy (non-hydrogen) atoms. The number of thiazole rings is 2. The molecule has 2 heterocycles. The van der Waals surface area contributed by atoms with Crippen molar-refractivity contribution in [3.63, 3.8) is 0 Å². The lowest BCUT2D eigenvalue weighted by Crippen LogP contribution is -2.19. The molecule has 0 spiro atoms. The van der Waals surface area contributed by atoms with E-state index in [4.69, 9.17) is 0 Å². The van der Waals surface area contributed by atoms with Crippen LogP contribution < -0.4 is 10.2 Å². The molecular formula is C19H14BrN3O2S2. The monoisotopic (exact) mass is 459 g/mol. The maximum Gasteiger partial charge on any atom is 0.308 e. The number of nitrogens with zero attached hydrogens (tertiary/aromatic N) is 2. The van der Waals surface area contributed by atoms with Gasteiger partial charge in [-0.05, 0) is 24.3 Å². The standard InChI is InChI=1S/C19H14BrN3O2S2/c20-13-7-5-12(6-8-13)14-11-26-18(21-14)22-17(24)9-10-23-15-3-1-2-4-16(15)27-19(23)25/h1-8,11H,9-10H2,(H,21,22,24). The first-order chi connectivity index (χ1) is 13.1. The average Bonchev–Trinajstić information content (AvgIpc) is 3.24. The molecule has 1 N–H and O–H groups in total. The highest BCUT2D eigenvalue weighted by atomic mass is 79.9. The van der Waals surface area contributed by atoms with E-state index in [2.05, 4.69) is 26.2 Å². The third-order valence-corrected chi connectivity index (χ3v) is 6.27. The fourth-order valence-corrected chi connectivity index (χ4v) is 4.62. The van der Waals surface area contributed by atoms with Crippen LogP contribution in [0.3, 0.4) is 0 Å². The minimum atomic E-state index is -0.158. The molecule has 0 unspecified atom stereocenters. The minimum Gasteiger partial charge on any atom is -0.302 e. The lowest BCUT2D eigenvalue weighted by atomic mass is 10.2. The van der Waals surface area contributed by atoms with E-state index in [0.717, 1.165) is 25.9 Å². The van der Waals surface area contributed by atoms with Gasteiger partial charge in [-0.1, -0.05) is 51.5 Å². The first-order valence-corrected chi connectivity index (χ1v) is 10.7. The Morgan fingerprint density at radius 3 is 2.74 bits per heavy atom. The smallest absolute Gasteiger partial charge is 0.302 e. The van der Waals surface area contributed by atoms with Crippen LogP contribution in [0.15, 0.2) is 63.2 Å². The molecule has 1 amide bonds. The highest BCUT2D eigenvalue weighted by Gasteiger charge is 2.11. The Kier molecular flexibility index (Phi) is 5.20. The summed E-state index contributed by atoms with van der Waals surface area (Å²) in [5.41, 5.74) is 2.68. The Morgan fingerprint density at radius 2 is 1.93 bits per heavy atom. The van der Waals surface area contributed by atoms with Crippen LogP contribution in [0.25, 0.3) is 21.5 Å². The fourth-order valence-electron chi connectivity index (χ4n) is 2.71. The third-order valence-electron chi connectivity index (χ3n) is 4.03. The van der Waals surface area contributed by atoms with E-state index in [1.165, 1.54) is 22.7 Å². The minimum absolute atomic E-state index is 0.0456. The van der Waals surface area contributed by atoms with Crippen LogP contribution in [-0.2, 0) is 11.3 Å². The summed E-state index contributed by atoms with van der Waals surface area (Å²) in [6.07, 6.45) is 0.216. The number of nitrogens with one attached hydrogen (secondary N) is 1. The van der Waals surface area contributed by atoms with Gasteiger partial charge < -0.3 is 5.32 Å². The van der Waals surface area contributed by atoms with Gasteiger partial charge in [0.1, 0.15) is 0 Å². The zero-order chi connectivity index (χ0) is 18.8. The molecule has 136 valence electrons. The quantitative estimate of drug-likeness (QED) is 0.457. The summed E-state index contributed by atoms with van der Waals surface area (Å²) < 4.78 is 3.59. The summed E-state index contributed by atoms with van der Waals surface area (Å²) in [6.45, 7) is 0.347. The van der Waals surface area contributed by atoms with Crippen LogP contribution >= 0.6 is 38.6 Å². The molecule has 0 aliphatic rings. The van der Waals surface area contributed by atoms with Gasteiger partial charge in [0.2, 0.25) is 5.91 Å². The number of amides is 1. The number of fused-ring (bicyclic) bond motifs is 1. The number of halogens is 1. The van der Waals surface area contributed by atoms with Crippen molar-refractivity contribution in [3.05, 3.63) is 68.1 Å². The molecule has 8 heteroatoms. The van der Waals surface area contributed by atoms with E-state index in [9.17, 15) is 9.59 Å². The second kappa shape index (κ2) is 7.75. The lowest BCUT2D eigenvalue weighted by molar-refractivity contribution is -0.116. The van der Waals surface area contributed by atoms with E-state index < -0.39 is 0 Å². The number of carbonyl (C=O) groups excluding carboxylic acids is 1. The van der Waals surface area contributed by atoms with Gasteiger partial charge in [-0.15, -0.1) is 11.3 Å². The zero-order valence-electron chi connectivity index (χ0n) is 14.0. The molecule has 2 aromatic heterocycles. The summed E-state index contributed by atoms with van der Waals surface area (Å²) in [6, 6.07) is 15.5. The Hall–Kier alpha value is -2.29. The van der Waals surface area contributed by atoms with Gasteiger partial charge in [0.05, 0.1) is 15.9 Å². The molecule has 0 fully saturated rings. The summed E-state index contributed by atoms with van der Waals surface area (Å²) in [7, 11) is 0. The topological polar surface area (TPSA) is 64.0 Å². The van der Waals surface area contributed by atoms with Crippen molar-refractivity contribution in [3.8, 4) is 11.3 Å². The van der Waals surface area contributed by atoms with Gasteiger partial charge in [0, 0.05) is 28.4 Å². The third kappa shape index (κ3) is 4.02. The van der Waals surface area contributed by atoms with Crippen LogP contribution in [0, 0.1) is 0 Å². The molecule has 0 aliphatic heterocycles. The molecule has 2 aromatic carbocycles. The van der Waals surface area contributed by atoms with Crippen LogP contribution in [0.4, 0.5) is 5.13 Å². The lowest BCUT2D eigenvalue weighted by Gasteiger charge is -2.04. The summed E-state index contributed by atoms with van der Waals surface area (Å²) in [5.74, 6) is -0.158. The SMILES string of the molecule is O=C(CCn1c(=O)sc2ccccc21)Nc1nc(-c2ccc(Br)cc2)cs1.